The van der Waals surface area contributed by atoms with Crippen LogP contribution in [0.15, 0.2) is 18.2 Å². The highest BCUT2D eigenvalue weighted by Gasteiger charge is 2.27. The number of likely N-dealkylation sites (tertiary alicyclic amines) is 1. The molecule has 0 saturated carbocycles. The van der Waals surface area contributed by atoms with Gasteiger partial charge in [-0.1, -0.05) is 11.6 Å². The molecule has 0 atom stereocenters. The van der Waals surface area contributed by atoms with E-state index in [0.717, 1.165) is 25.7 Å². The van der Waals surface area contributed by atoms with Crippen molar-refractivity contribution >= 4 is 12.4 Å². The molecule has 1 aromatic carbocycles. The Morgan fingerprint density at radius 2 is 1.89 bits per heavy atom. The van der Waals surface area contributed by atoms with Gasteiger partial charge in [0.15, 0.2) is 0 Å². The van der Waals surface area contributed by atoms with Crippen molar-refractivity contribution in [1.82, 2.24) is 4.90 Å². The molecule has 0 spiro atoms. The topological polar surface area (TPSA) is 12.5 Å². The Kier molecular flexibility index (Phi) is 4.40. The van der Waals surface area contributed by atoms with Crippen LogP contribution in [0.5, 0.6) is 5.75 Å². The zero-order chi connectivity index (χ0) is 13.9. The molecule has 0 N–H and O–H groups in total. The monoisotopic (exact) mass is 272 g/mol. The number of rotatable bonds is 5. The molecule has 1 aliphatic heterocycles. The molecule has 1 fully saturated rings. The van der Waals surface area contributed by atoms with Gasteiger partial charge in [-0.05, 0) is 45.0 Å². The van der Waals surface area contributed by atoms with Gasteiger partial charge in [0.05, 0.1) is 0 Å². The average Bonchev–Trinajstić information content (AvgIpc) is 2.80. The van der Waals surface area contributed by atoms with Gasteiger partial charge in [0.1, 0.15) is 12.4 Å². The van der Waals surface area contributed by atoms with Crippen molar-refractivity contribution in [2.75, 3.05) is 26.2 Å². The SMILES string of the molecule is Cc1cc(OCCN2CCCC2)ccc1[B-](F)(F)F. The summed E-state index contributed by atoms with van der Waals surface area (Å²) >= 11 is 0. The van der Waals surface area contributed by atoms with Crippen LogP contribution in [0.2, 0.25) is 0 Å². The molecule has 19 heavy (non-hydrogen) atoms. The van der Waals surface area contributed by atoms with Crippen LogP contribution in [0.3, 0.4) is 0 Å². The maximum atomic E-state index is 12.7. The van der Waals surface area contributed by atoms with Gasteiger partial charge >= 0.3 is 6.98 Å². The third-order valence-electron chi connectivity index (χ3n) is 3.47. The number of aryl methyl sites for hydroxylation is 1. The summed E-state index contributed by atoms with van der Waals surface area (Å²) in [6.07, 6.45) is 2.45. The molecule has 0 bridgehead atoms. The van der Waals surface area contributed by atoms with Crippen molar-refractivity contribution in [3.05, 3.63) is 23.8 Å². The van der Waals surface area contributed by atoms with E-state index in [0.29, 0.717) is 12.4 Å². The van der Waals surface area contributed by atoms with Gasteiger partial charge < -0.3 is 17.7 Å². The molecule has 0 aromatic heterocycles. The molecule has 0 aliphatic carbocycles. The summed E-state index contributed by atoms with van der Waals surface area (Å²) < 4.78 is 43.5. The molecule has 1 heterocycles. The van der Waals surface area contributed by atoms with Crippen molar-refractivity contribution in [3.8, 4) is 5.75 Å². The number of halogens is 3. The second-order valence-corrected chi connectivity index (χ2v) is 4.99. The molecule has 0 amide bonds. The van der Waals surface area contributed by atoms with E-state index in [1.807, 2.05) is 0 Å². The zero-order valence-corrected chi connectivity index (χ0v) is 11.0. The van der Waals surface area contributed by atoms with Crippen LogP contribution in [0.4, 0.5) is 12.9 Å². The molecule has 6 heteroatoms. The summed E-state index contributed by atoms with van der Waals surface area (Å²) in [5, 5.41) is 0. The Labute approximate surface area is 111 Å². The van der Waals surface area contributed by atoms with Crippen molar-refractivity contribution in [2.24, 2.45) is 0 Å². The second-order valence-electron chi connectivity index (χ2n) is 4.99. The van der Waals surface area contributed by atoms with Crippen LogP contribution in [0.1, 0.15) is 18.4 Å². The van der Waals surface area contributed by atoms with E-state index in [1.165, 1.54) is 31.9 Å². The van der Waals surface area contributed by atoms with Crippen LogP contribution in [-0.2, 0) is 0 Å². The van der Waals surface area contributed by atoms with E-state index in [-0.39, 0.29) is 5.56 Å². The minimum absolute atomic E-state index is 0.228. The molecular formula is C13H18BF3NO-. The summed E-state index contributed by atoms with van der Waals surface area (Å²) in [6.45, 7) is 0.0874. The first-order chi connectivity index (χ1) is 8.97. The van der Waals surface area contributed by atoms with Crippen molar-refractivity contribution in [1.29, 1.82) is 0 Å². The third kappa shape index (κ3) is 3.90. The number of hydrogen-bond donors (Lipinski definition) is 0. The largest absolute Gasteiger partial charge is 0.509 e. The Hall–Kier alpha value is -1.17. The van der Waals surface area contributed by atoms with Crippen molar-refractivity contribution in [2.45, 2.75) is 19.8 Å². The Bertz CT molecular complexity index is 430. The quantitative estimate of drug-likeness (QED) is 0.764. The minimum atomic E-state index is -4.93. The van der Waals surface area contributed by atoms with Gasteiger partial charge in [-0.2, -0.15) is 0 Å². The highest BCUT2D eigenvalue weighted by molar-refractivity contribution is 6.74. The lowest BCUT2D eigenvalue weighted by Gasteiger charge is -2.19. The number of ether oxygens (including phenoxy) is 1. The highest BCUT2D eigenvalue weighted by Crippen LogP contribution is 2.17. The van der Waals surface area contributed by atoms with E-state index in [2.05, 4.69) is 4.90 Å². The number of hydrogen-bond acceptors (Lipinski definition) is 2. The van der Waals surface area contributed by atoms with E-state index in [9.17, 15) is 12.9 Å². The summed E-state index contributed by atoms with van der Waals surface area (Å²) in [5.74, 6) is 0.514. The maximum Gasteiger partial charge on any atom is 0.509 e. The predicted octanol–water partition coefficient (Wildman–Crippen LogP) is 2.52. The van der Waals surface area contributed by atoms with Crippen LogP contribution in [0, 0.1) is 6.92 Å². The van der Waals surface area contributed by atoms with Gasteiger partial charge in [0, 0.05) is 6.54 Å². The lowest BCUT2D eigenvalue weighted by Crippen LogP contribution is -2.36. The first-order valence-electron chi connectivity index (χ1n) is 6.62. The summed E-state index contributed by atoms with van der Waals surface area (Å²) in [4.78, 5) is 2.31. The summed E-state index contributed by atoms with van der Waals surface area (Å²) in [6, 6.07) is 3.98. The average molecular weight is 272 g/mol. The Morgan fingerprint density at radius 1 is 1.21 bits per heavy atom. The Balaban J connectivity index is 1.89. The van der Waals surface area contributed by atoms with Crippen molar-refractivity contribution < 1.29 is 17.7 Å². The molecule has 2 nitrogen and oxygen atoms in total. The normalized spacial score (nSPS) is 16.8. The lowest BCUT2D eigenvalue weighted by atomic mass is 9.77. The van der Waals surface area contributed by atoms with Crippen LogP contribution in [-0.4, -0.2) is 38.1 Å². The maximum absolute atomic E-state index is 12.7. The first kappa shape index (κ1) is 14.2. The first-order valence-corrected chi connectivity index (χ1v) is 6.62. The predicted molar refractivity (Wildman–Crippen MR) is 71.1 cm³/mol. The summed E-state index contributed by atoms with van der Waals surface area (Å²) in [5.41, 5.74) is -0.307. The fourth-order valence-electron chi connectivity index (χ4n) is 2.40. The van der Waals surface area contributed by atoms with Gasteiger partial charge in [0.2, 0.25) is 0 Å². The standard InChI is InChI=1S/C13H18BF3NO/c1-11-10-12(4-5-13(11)14(15,16)17)19-9-8-18-6-2-3-7-18/h4-5,10H,2-3,6-9H2,1H3/q-1. The van der Waals surface area contributed by atoms with Crippen LogP contribution >= 0.6 is 0 Å². The molecule has 1 saturated heterocycles. The van der Waals surface area contributed by atoms with Crippen LogP contribution < -0.4 is 10.2 Å². The number of benzene rings is 1. The molecule has 1 aliphatic rings. The van der Waals surface area contributed by atoms with Crippen molar-refractivity contribution in [3.63, 3.8) is 0 Å². The van der Waals surface area contributed by atoms with E-state index in [1.54, 1.807) is 0 Å². The van der Waals surface area contributed by atoms with Gasteiger partial charge in [-0.3, -0.25) is 4.90 Å². The Morgan fingerprint density at radius 3 is 2.47 bits per heavy atom. The van der Waals surface area contributed by atoms with Gasteiger partial charge in [0.25, 0.3) is 0 Å². The van der Waals surface area contributed by atoms with E-state index >= 15 is 0 Å². The molecule has 0 radical (unpaired) electrons. The number of nitrogens with zero attached hydrogens (tertiary/aromatic N) is 1. The smallest absolute Gasteiger partial charge is 0.492 e. The van der Waals surface area contributed by atoms with Gasteiger partial charge in [-0.15, -0.1) is 5.46 Å². The highest BCUT2D eigenvalue weighted by atomic mass is 19.4. The molecule has 106 valence electrons. The fraction of sp³-hybridized carbons (Fsp3) is 0.538. The zero-order valence-electron chi connectivity index (χ0n) is 11.0. The fourth-order valence-corrected chi connectivity index (χ4v) is 2.40. The third-order valence-corrected chi connectivity index (χ3v) is 3.47. The van der Waals surface area contributed by atoms with Gasteiger partial charge in [-0.25, -0.2) is 0 Å². The molecular weight excluding hydrogens is 254 g/mol. The summed E-state index contributed by atoms with van der Waals surface area (Å²) in [7, 11) is 0. The van der Waals surface area contributed by atoms with Crippen LogP contribution in [0.25, 0.3) is 0 Å². The second kappa shape index (κ2) is 5.86. The van der Waals surface area contributed by atoms with E-state index < -0.39 is 12.4 Å². The minimum Gasteiger partial charge on any atom is -0.492 e. The molecule has 0 unspecified atom stereocenters. The molecule has 2 rings (SSSR count). The molecule has 1 aromatic rings. The van der Waals surface area contributed by atoms with E-state index in [4.69, 9.17) is 4.74 Å². The lowest BCUT2D eigenvalue weighted by molar-refractivity contribution is 0.237.